The van der Waals surface area contributed by atoms with Crippen molar-refractivity contribution in [1.82, 2.24) is 0 Å². The van der Waals surface area contributed by atoms with E-state index < -0.39 is 0 Å². The fourth-order valence-corrected chi connectivity index (χ4v) is 9.70. The van der Waals surface area contributed by atoms with Gasteiger partial charge in [0.2, 0.25) is 0 Å². The molecule has 166 valence electrons. The Bertz CT molecular complexity index is 605. The minimum atomic E-state index is 0.351. The summed E-state index contributed by atoms with van der Waals surface area (Å²) in [4.78, 5) is 0. The molecule has 1 aliphatic heterocycles. The van der Waals surface area contributed by atoms with Gasteiger partial charge in [-0.3, -0.25) is 0 Å². The lowest BCUT2D eigenvalue weighted by atomic mass is 9.44. The molecular weight excluding hydrogens is 352 g/mol. The fraction of sp³-hybridized carbons (Fsp3) is 1.00. The Morgan fingerprint density at radius 3 is 2.31 bits per heavy atom. The zero-order chi connectivity index (χ0) is 20.4. The highest BCUT2D eigenvalue weighted by atomic mass is 16.6. The lowest BCUT2D eigenvalue weighted by Crippen LogP contribution is -2.54. The summed E-state index contributed by atoms with van der Waals surface area (Å²) in [6.45, 7) is 13.9. The van der Waals surface area contributed by atoms with Crippen LogP contribution in [-0.4, -0.2) is 12.2 Å². The van der Waals surface area contributed by atoms with E-state index in [9.17, 15) is 0 Å². The van der Waals surface area contributed by atoms with Crippen molar-refractivity contribution in [2.45, 2.75) is 117 Å². The molecule has 1 saturated heterocycles. The van der Waals surface area contributed by atoms with Gasteiger partial charge in [0.05, 0.1) is 12.2 Å². The molecule has 0 radical (unpaired) electrons. The van der Waals surface area contributed by atoms with E-state index in [0.29, 0.717) is 16.4 Å². The molecule has 0 N–H and O–H groups in total. The van der Waals surface area contributed by atoms with E-state index in [0.717, 1.165) is 48.0 Å². The Labute approximate surface area is 181 Å². The highest BCUT2D eigenvalue weighted by Crippen LogP contribution is 2.69. The Morgan fingerprint density at radius 1 is 0.828 bits per heavy atom. The van der Waals surface area contributed by atoms with E-state index in [1.54, 1.807) is 6.42 Å². The summed E-state index contributed by atoms with van der Waals surface area (Å²) >= 11 is 0. The molecular formula is C28H48O. The Balaban J connectivity index is 1.29. The molecule has 4 unspecified atom stereocenters. The Hall–Kier alpha value is -0.0400. The van der Waals surface area contributed by atoms with E-state index in [1.807, 2.05) is 0 Å². The van der Waals surface area contributed by atoms with Gasteiger partial charge in [-0.25, -0.2) is 0 Å². The highest BCUT2D eigenvalue weighted by molar-refractivity contribution is 5.12. The predicted molar refractivity (Wildman–Crippen MR) is 122 cm³/mol. The second-order valence-electron chi connectivity index (χ2n) is 13.4. The molecule has 9 atom stereocenters. The lowest BCUT2D eigenvalue weighted by Gasteiger charge is -2.61. The number of ether oxygens (including phenoxy) is 1. The third-order valence-corrected chi connectivity index (χ3v) is 11.6. The quantitative estimate of drug-likeness (QED) is 0.428. The summed E-state index contributed by atoms with van der Waals surface area (Å²) in [6.07, 6.45) is 17.7. The van der Waals surface area contributed by atoms with Crippen LogP contribution in [0.15, 0.2) is 0 Å². The minimum Gasteiger partial charge on any atom is -0.370 e. The third-order valence-electron chi connectivity index (χ3n) is 11.6. The number of hydrogen-bond donors (Lipinski definition) is 0. The van der Waals surface area contributed by atoms with Crippen LogP contribution in [0.3, 0.4) is 0 Å². The van der Waals surface area contributed by atoms with Gasteiger partial charge in [-0.2, -0.15) is 0 Å². The summed E-state index contributed by atoms with van der Waals surface area (Å²) in [5, 5.41) is 0. The summed E-state index contributed by atoms with van der Waals surface area (Å²) < 4.78 is 5.94. The van der Waals surface area contributed by atoms with Crippen LogP contribution in [0.25, 0.3) is 0 Å². The second kappa shape index (κ2) is 7.25. The normalized spacial score (nSPS) is 52.1. The first-order valence-electron chi connectivity index (χ1n) is 13.4. The van der Waals surface area contributed by atoms with E-state index in [1.165, 1.54) is 70.6 Å². The molecule has 4 saturated carbocycles. The Morgan fingerprint density at radius 2 is 1.59 bits per heavy atom. The summed E-state index contributed by atoms with van der Waals surface area (Å²) in [5.41, 5.74) is 1.63. The molecule has 4 aliphatic carbocycles. The van der Waals surface area contributed by atoms with Crippen molar-refractivity contribution in [3.8, 4) is 0 Å². The zero-order valence-corrected chi connectivity index (χ0v) is 20.1. The highest BCUT2D eigenvalue weighted by Gasteiger charge is 2.63. The van der Waals surface area contributed by atoms with Crippen LogP contribution >= 0.6 is 0 Å². The van der Waals surface area contributed by atoms with Crippen LogP contribution in [0.2, 0.25) is 0 Å². The van der Waals surface area contributed by atoms with E-state index >= 15 is 0 Å². The van der Waals surface area contributed by atoms with Crippen molar-refractivity contribution in [3.63, 3.8) is 0 Å². The molecule has 1 heterocycles. The molecule has 0 aromatic rings. The predicted octanol–water partition coefficient (Wildman–Crippen LogP) is 7.88. The lowest BCUT2D eigenvalue weighted by molar-refractivity contribution is -0.123. The molecule has 1 spiro atoms. The van der Waals surface area contributed by atoms with Gasteiger partial charge in [-0.15, -0.1) is 0 Å². The van der Waals surface area contributed by atoms with Gasteiger partial charge < -0.3 is 4.74 Å². The third kappa shape index (κ3) is 3.35. The summed E-state index contributed by atoms with van der Waals surface area (Å²) in [7, 11) is 0. The molecule has 5 aliphatic rings. The van der Waals surface area contributed by atoms with Crippen molar-refractivity contribution in [2.24, 2.45) is 52.3 Å². The molecule has 0 aromatic carbocycles. The molecule has 1 nitrogen and oxygen atoms in total. The zero-order valence-electron chi connectivity index (χ0n) is 20.1. The first kappa shape index (κ1) is 20.8. The first-order valence-corrected chi connectivity index (χ1v) is 13.4. The topological polar surface area (TPSA) is 12.5 Å². The summed E-state index contributed by atoms with van der Waals surface area (Å²) in [5.74, 6) is 6.86. The van der Waals surface area contributed by atoms with Gasteiger partial charge in [-0.1, -0.05) is 53.9 Å². The maximum Gasteiger partial charge on any atom is 0.0919 e. The van der Waals surface area contributed by atoms with Gasteiger partial charge in [0.15, 0.2) is 0 Å². The average Bonchev–Trinajstić information content (AvgIpc) is 3.33. The van der Waals surface area contributed by atoms with Crippen LogP contribution in [0, 0.1) is 52.3 Å². The molecule has 0 bridgehead atoms. The number of fused-ring (bicyclic) bond motifs is 5. The smallest absolute Gasteiger partial charge is 0.0919 e. The van der Waals surface area contributed by atoms with Crippen LogP contribution in [0.5, 0.6) is 0 Å². The van der Waals surface area contributed by atoms with Crippen molar-refractivity contribution in [3.05, 3.63) is 0 Å². The monoisotopic (exact) mass is 400 g/mol. The molecule has 0 amide bonds. The van der Waals surface area contributed by atoms with Gasteiger partial charge in [0, 0.05) is 0 Å². The largest absolute Gasteiger partial charge is 0.370 e. The van der Waals surface area contributed by atoms with Crippen LogP contribution < -0.4 is 0 Å². The fourth-order valence-electron chi connectivity index (χ4n) is 9.70. The van der Waals surface area contributed by atoms with Crippen molar-refractivity contribution < 1.29 is 4.74 Å². The van der Waals surface area contributed by atoms with Gasteiger partial charge in [0.1, 0.15) is 0 Å². The van der Waals surface area contributed by atoms with E-state index in [4.69, 9.17) is 4.74 Å². The second-order valence-corrected chi connectivity index (χ2v) is 13.4. The first-order chi connectivity index (χ1) is 13.8. The van der Waals surface area contributed by atoms with Crippen molar-refractivity contribution in [2.75, 3.05) is 6.61 Å². The van der Waals surface area contributed by atoms with Crippen molar-refractivity contribution >= 4 is 0 Å². The molecule has 29 heavy (non-hydrogen) atoms. The maximum absolute atomic E-state index is 5.94. The van der Waals surface area contributed by atoms with Crippen LogP contribution in [0.1, 0.15) is 112 Å². The number of hydrogen-bond acceptors (Lipinski definition) is 1. The molecule has 5 fully saturated rings. The van der Waals surface area contributed by atoms with Gasteiger partial charge in [-0.05, 0) is 110 Å². The van der Waals surface area contributed by atoms with Crippen LogP contribution in [-0.2, 0) is 4.74 Å². The standard InChI is InChI=1S/C28H48O/c1-19(2)7-6-8-20(3)23-11-12-24-22-10-9-21-17-28(18-29-28)16-15-26(21,4)25(22)13-14-27(23,24)5/h19-25H,6-18H2,1-5H3/t20-,21+,22?,23-,24?,25?,26+,27-,28?/m1/s1. The van der Waals surface area contributed by atoms with Gasteiger partial charge >= 0.3 is 0 Å². The summed E-state index contributed by atoms with van der Waals surface area (Å²) in [6, 6.07) is 0. The molecule has 0 aromatic heterocycles. The maximum atomic E-state index is 5.94. The number of rotatable bonds is 5. The minimum absolute atomic E-state index is 0.351. The Kier molecular flexibility index (Phi) is 5.21. The molecule has 5 rings (SSSR count). The van der Waals surface area contributed by atoms with Gasteiger partial charge in [0.25, 0.3) is 0 Å². The average molecular weight is 401 g/mol. The molecule has 1 heteroatoms. The van der Waals surface area contributed by atoms with E-state index in [-0.39, 0.29) is 0 Å². The van der Waals surface area contributed by atoms with Crippen LogP contribution in [0.4, 0.5) is 0 Å². The van der Waals surface area contributed by atoms with E-state index in [2.05, 4.69) is 34.6 Å². The van der Waals surface area contributed by atoms with Crippen molar-refractivity contribution in [1.29, 1.82) is 0 Å². The number of epoxide rings is 1. The SMILES string of the molecule is CC(C)CCC[C@@H](C)[C@H]1CCC2C3CC[C@H]4CC5(CC[C@]4(C)C3CC[C@@]21C)CO5.